The lowest BCUT2D eigenvalue weighted by Gasteiger charge is -2.04. The van der Waals surface area contributed by atoms with Gasteiger partial charge in [-0.3, -0.25) is 0 Å². The van der Waals surface area contributed by atoms with Crippen molar-refractivity contribution in [3.8, 4) is 11.3 Å². The Bertz CT molecular complexity index is 919. The van der Waals surface area contributed by atoms with Crippen LogP contribution in [0.25, 0.3) is 27.5 Å². The van der Waals surface area contributed by atoms with Gasteiger partial charge in [0.25, 0.3) is 0 Å². The Morgan fingerprint density at radius 3 is 2.65 bits per heavy atom. The molecule has 0 saturated heterocycles. The fourth-order valence-corrected chi connectivity index (χ4v) is 2.90. The highest BCUT2D eigenvalue weighted by Crippen LogP contribution is 2.28. The van der Waals surface area contributed by atoms with Crippen LogP contribution in [0.4, 0.5) is 0 Å². The van der Waals surface area contributed by atoms with Crippen LogP contribution in [0.5, 0.6) is 0 Å². The monoisotopic (exact) mass is 259 g/mol. The van der Waals surface area contributed by atoms with Crippen LogP contribution in [-0.4, -0.2) is 4.40 Å². The first-order chi connectivity index (χ1) is 9.84. The molecule has 0 amide bonds. The molecule has 3 aromatic heterocycles. The van der Waals surface area contributed by atoms with Crippen molar-refractivity contribution in [2.45, 2.75) is 0 Å². The molecule has 0 aliphatic rings. The highest BCUT2D eigenvalue weighted by molar-refractivity contribution is 5.96. The van der Waals surface area contributed by atoms with Crippen LogP contribution in [0.2, 0.25) is 0 Å². The number of fused-ring (bicyclic) bond motifs is 2. The highest BCUT2D eigenvalue weighted by atomic mass is 14.9. The molecule has 96 valence electrons. The van der Waals surface area contributed by atoms with Gasteiger partial charge in [0.2, 0.25) is 5.69 Å². The predicted molar refractivity (Wildman–Crippen MR) is 81.5 cm³/mol. The second-order valence-electron chi connectivity index (χ2n) is 5.09. The zero-order chi connectivity index (χ0) is 13.5. The van der Waals surface area contributed by atoms with Crippen molar-refractivity contribution < 1.29 is 4.57 Å². The summed E-state index contributed by atoms with van der Waals surface area (Å²) in [5, 5.41) is 2.56. The molecular weight excluding hydrogens is 244 g/mol. The molecule has 0 radical (unpaired) electrons. The number of aromatic nitrogens is 2. The van der Waals surface area contributed by atoms with Crippen LogP contribution in [0.3, 0.4) is 0 Å². The van der Waals surface area contributed by atoms with Crippen molar-refractivity contribution in [1.82, 2.24) is 4.40 Å². The maximum Gasteiger partial charge on any atom is 0.222 e. The molecule has 0 N–H and O–H groups in total. The molecule has 3 heterocycles. The minimum atomic E-state index is 1.24. The fourth-order valence-electron chi connectivity index (χ4n) is 2.90. The first-order valence-corrected chi connectivity index (χ1v) is 6.78. The number of nitrogens with zero attached hydrogens (tertiary/aromatic N) is 2. The van der Waals surface area contributed by atoms with Crippen molar-refractivity contribution in [1.29, 1.82) is 0 Å². The third kappa shape index (κ3) is 1.55. The van der Waals surface area contributed by atoms with E-state index in [-0.39, 0.29) is 0 Å². The molecule has 0 aliphatic carbocycles. The van der Waals surface area contributed by atoms with Gasteiger partial charge in [0.1, 0.15) is 7.05 Å². The molecule has 0 unspecified atom stereocenters. The van der Waals surface area contributed by atoms with E-state index in [4.69, 9.17) is 0 Å². The molecule has 1 aromatic carbocycles. The quantitative estimate of drug-likeness (QED) is 0.462. The molecule has 4 aromatic rings. The van der Waals surface area contributed by atoms with E-state index in [0.717, 1.165) is 0 Å². The Morgan fingerprint density at radius 1 is 0.850 bits per heavy atom. The largest absolute Gasteiger partial charge is 0.323 e. The third-order valence-electron chi connectivity index (χ3n) is 3.87. The Kier molecular flexibility index (Phi) is 2.36. The topological polar surface area (TPSA) is 8.29 Å². The van der Waals surface area contributed by atoms with E-state index in [1.807, 2.05) is 0 Å². The van der Waals surface area contributed by atoms with E-state index in [0.29, 0.717) is 0 Å². The molecule has 0 saturated carbocycles. The van der Waals surface area contributed by atoms with Gasteiger partial charge in [0.05, 0.1) is 16.5 Å². The zero-order valence-corrected chi connectivity index (χ0v) is 11.3. The van der Waals surface area contributed by atoms with Crippen molar-refractivity contribution in [3.63, 3.8) is 0 Å². The SMILES string of the molecule is C[n+]1ccc2ccccc2c1-c1ccn2ccccc12. The Hall–Kier alpha value is -2.61. The lowest BCUT2D eigenvalue weighted by atomic mass is 10.0. The summed E-state index contributed by atoms with van der Waals surface area (Å²) in [5.41, 5.74) is 3.76. The molecule has 0 spiro atoms. The fraction of sp³-hybridized carbons (Fsp3) is 0.0556. The first kappa shape index (κ1) is 11.2. The van der Waals surface area contributed by atoms with E-state index >= 15 is 0 Å². The van der Waals surface area contributed by atoms with Gasteiger partial charge in [-0.15, -0.1) is 0 Å². The number of pyridine rings is 2. The molecule has 0 atom stereocenters. The lowest BCUT2D eigenvalue weighted by molar-refractivity contribution is -0.659. The summed E-state index contributed by atoms with van der Waals surface area (Å²) in [7, 11) is 2.11. The van der Waals surface area contributed by atoms with Gasteiger partial charge in [0.15, 0.2) is 6.20 Å². The maximum atomic E-state index is 2.20. The molecule has 0 aliphatic heterocycles. The molecule has 2 nitrogen and oxygen atoms in total. The summed E-state index contributed by atoms with van der Waals surface area (Å²) >= 11 is 0. The second kappa shape index (κ2) is 4.20. The molecule has 0 fully saturated rings. The van der Waals surface area contributed by atoms with E-state index < -0.39 is 0 Å². The number of aryl methyl sites for hydroxylation is 1. The van der Waals surface area contributed by atoms with Crippen molar-refractivity contribution in [3.05, 3.63) is 73.2 Å². The molecule has 0 bridgehead atoms. The van der Waals surface area contributed by atoms with Crippen LogP contribution < -0.4 is 4.57 Å². The van der Waals surface area contributed by atoms with Crippen LogP contribution in [0.15, 0.2) is 73.2 Å². The normalized spacial score (nSPS) is 11.2. The summed E-state index contributed by atoms with van der Waals surface area (Å²) in [6.07, 6.45) is 6.33. The van der Waals surface area contributed by atoms with Gasteiger partial charge in [-0.25, -0.2) is 4.57 Å². The number of hydrogen-bond acceptors (Lipinski definition) is 0. The average Bonchev–Trinajstić information content (AvgIpc) is 2.91. The Balaban J connectivity index is 2.14. The van der Waals surface area contributed by atoms with Crippen LogP contribution in [0.1, 0.15) is 0 Å². The predicted octanol–water partition coefficient (Wildman–Crippen LogP) is 3.58. The van der Waals surface area contributed by atoms with Gasteiger partial charge in [0, 0.05) is 18.5 Å². The van der Waals surface area contributed by atoms with Gasteiger partial charge in [-0.2, -0.15) is 0 Å². The summed E-state index contributed by atoms with van der Waals surface area (Å²) in [6.45, 7) is 0. The second-order valence-corrected chi connectivity index (χ2v) is 5.09. The van der Waals surface area contributed by atoms with Gasteiger partial charge in [-0.1, -0.05) is 24.3 Å². The van der Waals surface area contributed by atoms with Crippen LogP contribution in [0, 0.1) is 0 Å². The number of benzene rings is 1. The van der Waals surface area contributed by atoms with E-state index in [1.165, 1.54) is 27.5 Å². The number of rotatable bonds is 1. The Morgan fingerprint density at radius 2 is 1.70 bits per heavy atom. The molecule has 20 heavy (non-hydrogen) atoms. The summed E-state index contributed by atoms with van der Waals surface area (Å²) in [4.78, 5) is 0. The van der Waals surface area contributed by atoms with Crippen molar-refractivity contribution in [2.24, 2.45) is 7.05 Å². The van der Waals surface area contributed by atoms with Crippen molar-refractivity contribution in [2.75, 3.05) is 0 Å². The smallest absolute Gasteiger partial charge is 0.222 e. The van der Waals surface area contributed by atoms with E-state index in [9.17, 15) is 0 Å². The first-order valence-electron chi connectivity index (χ1n) is 6.78. The number of hydrogen-bond donors (Lipinski definition) is 0. The van der Waals surface area contributed by atoms with Gasteiger partial charge < -0.3 is 4.40 Å². The minimum absolute atomic E-state index is 1.24. The summed E-state index contributed by atoms with van der Waals surface area (Å²) in [5.74, 6) is 0. The Labute approximate surface area is 117 Å². The third-order valence-corrected chi connectivity index (χ3v) is 3.87. The van der Waals surface area contributed by atoms with Crippen LogP contribution in [-0.2, 0) is 7.05 Å². The summed E-state index contributed by atoms with van der Waals surface area (Å²) in [6, 6.07) is 19.2. The van der Waals surface area contributed by atoms with E-state index in [1.54, 1.807) is 0 Å². The average molecular weight is 259 g/mol. The lowest BCUT2D eigenvalue weighted by Crippen LogP contribution is -2.30. The molecule has 2 heteroatoms. The van der Waals surface area contributed by atoms with Crippen LogP contribution >= 0.6 is 0 Å². The maximum absolute atomic E-state index is 2.20. The minimum Gasteiger partial charge on any atom is -0.323 e. The van der Waals surface area contributed by atoms with Gasteiger partial charge >= 0.3 is 0 Å². The van der Waals surface area contributed by atoms with Crippen molar-refractivity contribution >= 4 is 16.3 Å². The molecule has 4 rings (SSSR count). The highest BCUT2D eigenvalue weighted by Gasteiger charge is 2.17. The standard InChI is InChI=1S/C18H15N2/c1-19-12-9-14-6-2-3-7-15(14)18(19)16-10-13-20-11-5-4-8-17(16)20/h2-13H,1H3/q+1. The summed E-state index contributed by atoms with van der Waals surface area (Å²) < 4.78 is 4.36. The van der Waals surface area contributed by atoms with E-state index in [2.05, 4.69) is 89.2 Å². The molecular formula is C18H15N2+. The zero-order valence-electron chi connectivity index (χ0n) is 11.3. The van der Waals surface area contributed by atoms with Gasteiger partial charge in [-0.05, 0) is 29.7 Å².